The maximum atomic E-state index is 13.1. The lowest BCUT2D eigenvalue weighted by Crippen LogP contribution is -2.13. The van der Waals surface area contributed by atoms with Gasteiger partial charge in [-0.15, -0.1) is 0 Å². The number of pyridine rings is 1. The fourth-order valence-corrected chi connectivity index (χ4v) is 2.51. The van der Waals surface area contributed by atoms with Crippen LogP contribution < -0.4 is 5.32 Å². The first-order chi connectivity index (χ1) is 14.6. The van der Waals surface area contributed by atoms with E-state index in [1.54, 1.807) is 19.0 Å². The molecular weight excluding hydrogens is 417 g/mol. The van der Waals surface area contributed by atoms with E-state index in [0.717, 1.165) is 18.5 Å². The molecule has 0 aliphatic heterocycles. The number of carbonyl (C=O) groups excluding carboxylic acids is 2. The Bertz CT molecular complexity index is 1120. The highest BCUT2D eigenvalue weighted by atomic mass is 19.4. The van der Waals surface area contributed by atoms with Crippen molar-refractivity contribution in [2.24, 2.45) is 0 Å². The van der Waals surface area contributed by atoms with Gasteiger partial charge in [-0.2, -0.15) is 18.3 Å². The minimum atomic E-state index is -4.52. The zero-order valence-corrected chi connectivity index (χ0v) is 16.4. The molecule has 162 valence electrons. The molecule has 0 atom stereocenters. The van der Waals surface area contributed by atoms with Crippen LogP contribution in [-0.4, -0.2) is 50.6 Å². The molecule has 0 aromatic carbocycles. The van der Waals surface area contributed by atoms with Crippen LogP contribution in [0.3, 0.4) is 0 Å². The number of aromatic nitrogens is 4. The third-order valence-electron chi connectivity index (χ3n) is 3.94. The van der Waals surface area contributed by atoms with E-state index in [9.17, 15) is 22.8 Å². The predicted octanol–water partition coefficient (Wildman–Crippen LogP) is 2.84. The number of carbonyl (C=O) groups is 2. The van der Waals surface area contributed by atoms with Crippen LogP contribution in [0.4, 0.5) is 18.9 Å². The molecule has 0 unspecified atom stereocenters. The maximum absolute atomic E-state index is 13.1. The van der Waals surface area contributed by atoms with Crippen molar-refractivity contribution < 1.29 is 27.3 Å². The van der Waals surface area contributed by atoms with Crippen LogP contribution in [0, 0.1) is 0 Å². The minimum Gasteiger partial charge on any atom is -0.383 e. The summed E-state index contributed by atoms with van der Waals surface area (Å²) in [5.74, 6) is -1.25. The molecule has 3 heterocycles. The van der Waals surface area contributed by atoms with Crippen molar-refractivity contribution in [3.05, 3.63) is 71.8 Å². The second-order valence-corrected chi connectivity index (χ2v) is 6.63. The van der Waals surface area contributed by atoms with Crippen LogP contribution in [0.2, 0.25) is 0 Å². The zero-order chi connectivity index (χ0) is 22.6. The predicted molar refractivity (Wildman–Crippen MR) is 102 cm³/mol. The van der Waals surface area contributed by atoms with Crippen LogP contribution in [0.15, 0.2) is 53.7 Å². The van der Waals surface area contributed by atoms with Crippen molar-refractivity contribution in [2.45, 2.75) is 12.7 Å². The van der Waals surface area contributed by atoms with Crippen LogP contribution in [0.5, 0.6) is 0 Å². The Kier molecular flexibility index (Phi) is 6.18. The molecule has 9 nitrogen and oxygen atoms in total. The summed E-state index contributed by atoms with van der Waals surface area (Å²) in [6.45, 7) is -0.195. The topological polar surface area (TPSA) is 106 Å². The van der Waals surface area contributed by atoms with Crippen molar-refractivity contribution in [3.63, 3.8) is 0 Å². The third-order valence-corrected chi connectivity index (χ3v) is 3.94. The number of allylic oxidation sites excluding steroid dienone is 1. The molecule has 3 aromatic heterocycles. The molecule has 0 radical (unpaired) electrons. The summed E-state index contributed by atoms with van der Waals surface area (Å²) < 4.78 is 45.4. The summed E-state index contributed by atoms with van der Waals surface area (Å²) in [4.78, 5) is 29.6. The Morgan fingerprint density at radius 1 is 1.29 bits per heavy atom. The lowest BCUT2D eigenvalue weighted by Gasteiger charge is -2.11. The lowest BCUT2D eigenvalue weighted by atomic mass is 10.1. The van der Waals surface area contributed by atoms with E-state index in [-0.39, 0.29) is 29.2 Å². The molecule has 31 heavy (non-hydrogen) atoms. The molecule has 12 heteroatoms. The minimum absolute atomic E-state index is 0.0681. The maximum Gasteiger partial charge on any atom is 0.416 e. The summed E-state index contributed by atoms with van der Waals surface area (Å²) in [5.41, 5.74) is -0.792. The largest absolute Gasteiger partial charge is 0.416 e. The van der Waals surface area contributed by atoms with E-state index < -0.39 is 23.4 Å². The van der Waals surface area contributed by atoms with Gasteiger partial charge in [0, 0.05) is 56.6 Å². The average Bonchev–Trinajstić information content (AvgIpc) is 3.35. The third kappa shape index (κ3) is 5.56. The Morgan fingerprint density at radius 2 is 2.06 bits per heavy atom. The zero-order valence-electron chi connectivity index (χ0n) is 16.4. The summed E-state index contributed by atoms with van der Waals surface area (Å²) in [7, 11) is 3.48. The first-order valence-electron chi connectivity index (χ1n) is 8.83. The molecule has 3 aromatic rings. The number of rotatable bonds is 7. The van der Waals surface area contributed by atoms with Crippen LogP contribution >= 0.6 is 0 Å². The van der Waals surface area contributed by atoms with Gasteiger partial charge in [-0.25, -0.2) is 0 Å². The molecule has 0 bridgehead atoms. The molecule has 0 saturated heterocycles. The quantitative estimate of drug-likeness (QED) is 0.450. The van der Waals surface area contributed by atoms with Crippen LogP contribution in [0.25, 0.3) is 0 Å². The summed E-state index contributed by atoms with van der Waals surface area (Å²) in [5, 5.41) is 10.0. The van der Waals surface area contributed by atoms with Gasteiger partial charge in [0.05, 0.1) is 24.0 Å². The molecule has 0 saturated carbocycles. The van der Waals surface area contributed by atoms with Crippen molar-refractivity contribution in [2.75, 3.05) is 19.4 Å². The number of hydrogen-bond acceptors (Lipinski definition) is 7. The van der Waals surface area contributed by atoms with E-state index in [4.69, 9.17) is 4.52 Å². The van der Waals surface area contributed by atoms with Crippen LogP contribution in [-0.2, 0) is 12.7 Å². The van der Waals surface area contributed by atoms with Gasteiger partial charge >= 0.3 is 6.18 Å². The van der Waals surface area contributed by atoms with E-state index >= 15 is 0 Å². The number of hydrogen-bond donors (Lipinski definition) is 1. The monoisotopic (exact) mass is 434 g/mol. The van der Waals surface area contributed by atoms with E-state index in [1.807, 2.05) is 0 Å². The van der Waals surface area contributed by atoms with Gasteiger partial charge in [0.15, 0.2) is 5.69 Å². The van der Waals surface area contributed by atoms with Gasteiger partial charge in [-0.05, 0) is 6.07 Å². The van der Waals surface area contributed by atoms with Gasteiger partial charge in [0.2, 0.25) is 11.5 Å². The standard InChI is InChI=1S/C19H17F3N6O3/c1-27(2)6-4-16(29)17-7-15(26-31-17)18(30)25-13-9-24-28(11-13)10-12-8-23-5-3-14(12)19(20,21)22/h3-9,11H,10H2,1-2H3,(H,25,30). The SMILES string of the molecule is CN(C)C=CC(=O)c1cc(C(=O)Nc2cnn(Cc3cnccc3C(F)(F)F)c2)no1. The highest BCUT2D eigenvalue weighted by Gasteiger charge is 2.33. The molecule has 0 fully saturated rings. The Morgan fingerprint density at radius 3 is 2.77 bits per heavy atom. The molecule has 1 N–H and O–H groups in total. The number of anilines is 1. The highest BCUT2D eigenvalue weighted by Crippen LogP contribution is 2.31. The van der Waals surface area contributed by atoms with Gasteiger partial charge in [0.25, 0.3) is 5.91 Å². The van der Waals surface area contributed by atoms with E-state index in [0.29, 0.717) is 0 Å². The normalized spacial score (nSPS) is 11.6. The fourth-order valence-electron chi connectivity index (χ4n) is 2.51. The van der Waals surface area contributed by atoms with E-state index in [1.165, 1.54) is 35.4 Å². The van der Waals surface area contributed by atoms with Gasteiger partial charge in [0.1, 0.15) is 0 Å². The molecular formula is C19H17F3N6O3. The van der Waals surface area contributed by atoms with Crippen molar-refractivity contribution in [3.8, 4) is 0 Å². The number of alkyl halides is 3. The number of ketones is 1. The number of nitrogens with one attached hydrogen (secondary N) is 1. The second kappa shape index (κ2) is 8.81. The van der Waals surface area contributed by atoms with Gasteiger partial charge in [-0.1, -0.05) is 5.16 Å². The van der Waals surface area contributed by atoms with Gasteiger partial charge in [-0.3, -0.25) is 19.3 Å². The molecule has 3 rings (SSSR count). The average molecular weight is 434 g/mol. The van der Waals surface area contributed by atoms with Crippen LogP contribution in [0.1, 0.15) is 32.2 Å². The summed E-state index contributed by atoms with van der Waals surface area (Å²) in [6, 6.07) is 2.08. The van der Waals surface area contributed by atoms with Crippen molar-refractivity contribution in [1.29, 1.82) is 0 Å². The summed E-state index contributed by atoms with van der Waals surface area (Å²) >= 11 is 0. The first-order valence-corrected chi connectivity index (χ1v) is 8.83. The second-order valence-electron chi connectivity index (χ2n) is 6.63. The molecule has 1 amide bonds. The number of nitrogens with zero attached hydrogens (tertiary/aromatic N) is 5. The smallest absolute Gasteiger partial charge is 0.383 e. The number of halogens is 3. The lowest BCUT2D eigenvalue weighted by molar-refractivity contribution is -0.138. The molecule has 0 aliphatic rings. The fraction of sp³-hybridized carbons (Fsp3) is 0.211. The van der Waals surface area contributed by atoms with Gasteiger partial charge < -0.3 is 14.7 Å². The number of amides is 1. The Hall–Kier alpha value is -3.96. The highest BCUT2D eigenvalue weighted by molar-refractivity contribution is 6.06. The summed E-state index contributed by atoms with van der Waals surface area (Å²) in [6.07, 6.45) is 3.07. The molecule has 0 aliphatic carbocycles. The first kappa shape index (κ1) is 21.7. The molecule has 0 spiro atoms. The van der Waals surface area contributed by atoms with Crippen molar-refractivity contribution in [1.82, 2.24) is 24.8 Å². The van der Waals surface area contributed by atoms with Crippen molar-refractivity contribution >= 4 is 17.4 Å². The Balaban J connectivity index is 1.67. The van der Waals surface area contributed by atoms with E-state index in [2.05, 4.69) is 20.6 Å². The Labute approximate surface area is 174 Å².